The van der Waals surface area contributed by atoms with Crippen molar-refractivity contribution in [3.05, 3.63) is 98.2 Å². The van der Waals surface area contributed by atoms with E-state index in [0.717, 1.165) is 0 Å². The van der Waals surface area contributed by atoms with Gasteiger partial charge in [-0.3, -0.25) is 24.8 Å². The summed E-state index contributed by atoms with van der Waals surface area (Å²) >= 11 is 0. The lowest BCUT2D eigenvalue weighted by Crippen LogP contribution is -2.31. The van der Waals surface area contributed by atoms with Gasteiger partial charge in [-0.05, 0) is 25.1 Å². The molecule has 0 fully saturated rings. The van der Waals surface area contributed by atoms with Crippen molar-refractivity contribution in [2.24, 2.45) is 0 Å². The summed E-state index contributed by atoms with van der Waals surface area (Å²) in [7, 11) is 0. The van der Waals surface area contributed by atoms with Gasteiger partial charge in [0.2, 0.25) is 0 Å². The summed E-state index contributed by atoms with van der Waals surface area (Å²) in [6, 6.07) is 15.7. The molecular formula is C20H16N6O4. The number of aryl methyl sites for hydroxylation is 1. The molecule has 0 saturated carbocycles. The predicted octanol–water partition coefficient (Wildman–Crippen LogP) is 2.48. The lowest BCUT2D eigenvalue weighted by atomic mass is 10.1. The van der Waals surface area contributed by atoms with E-state index in [1.807, 2.05) is 6.07 Å². The van der Waals surface area contributed by atoms with Crippen LogP contribution in [0.2, 0.25) is 0 Å². The molecule has 1 N–H and O–H groups in total. The third-order valence-corrected chi connectivity index (χ3v) is 4.43. The number of anilines is 1. The smallest absolute Gasteiger partial charge is 0.274 e. The van der Waals surface area contributed by atoms with Gasteiger partial charge in [-0.2, -0.15) is 9.50 Å². The average Bonchev–Trinajstić information content (AvgIpc) is 3.15. The number of nitro groups is 1. The third-order valence-electron chi connectivity index (χ3n) is 4.43. The van der Waals surface area contributed by atoms with Gasteiger partial charge in [-0.25, -0.2) is 4.98 Å². The van der Waals surface area contributed by atoms with Crippen LogP contribution in [0.5, 0.6) is 0 Å². The summed E-state index contributed by atoms with van der Waals surface area (Å²) < 4.78 is 1.20. The Labute approximate surface area is 169 Å². The van der Waals surface area contributed by atoms with Gasteiger partial charge < -0.3 is 4.90 Å². The molecule has 4 rings (SSSR count). The standard InChI is InChI=1S/C20H16N6O4/c1-13-10-18(27)25-20(21-13)22-17(23-25)12-24(15-7-3-2-4-8-15)19(28)14-6-5-9-16(11-14)26(29)30/h2-11H,12H2,1H3,(H,21,22,23). The third kappa shape index (κ3) is 3.65. The van der Waals surface area contributed by atoms with Crippen LogP contribution in [0.3, 0.4) is 0 Å². The average molecular weight is 404 g/mol. The quantitative estimate of drug-likeness (QED) is 0.402. The summed E-state index contributed by atoms with van der Waals surface area (Å²) in [5, 5.41) is 13.9. The summed E-state index contributed by atoms with van der Waals surface area (Å²) in [6.07, 6.45) is 0. The van der Waals surface area contributed by atoms with Gasteiger partial charge in [0.15, 0.2) is 0 Å². The van der Waals surface area contributed by atoms with E-state index in [-0.39, 0.29) is 29.1 Å². The van der Waals surface area contributed by atoms with Crippen molar-refractivity contribution in [3.63, 3.8) is 0 Å². The minimum Gasteiger partial charge on any atom is -0.301 e. The van der Waals surface area contributed by atoms with E-state index in [0.29, 0.717) is 17.2 Å². The van der Waals surface area contributed by atoms with Gasteiger partial charge in [-0.15, -0.1) is 0 Å². The Hall–Kier alpha value is -4.34. The maximum Gasteiger partial charge on any atom is 0.274 e. The Morgan fingerprint density at radius 1 is 1.13 bits per heavy atom. The van der Waals surface area contributed by atoms with Crippen molar-refractivity contribution in [1.82, 2.24) is 19.6 Å². The largest absolute Gasteiger partial charge is 0.301 e. The Balaban J connectivity index is 1.75. The molecule has 0 atom stereocenters. The van der Waals surface area contributed by atoms with E-state index < -0.39 is 10.8 Å². The van der Waals surface area contributed by atoms with Crippen molar-refractivity contribution in [2.75, 3.05) is 4.90 Å². The first-order chi connectivity index (χ1) is 14.4. The van der Waals surface area contributed by atoms with Crippen LogP contribution in [-0.2, 0) is 6.54 Å². The van der Waals surface area contributed by atoms with Gasteiger partial charge in [0.25, 0.3) is 22.9 Å². The van der Waals surface area contributed by atoms with Gasteiger partial charge in [-0.1, -0.05) is 24.3 Å². The monoisotopic (exact) mass is 404 g/mol. The number of amides is 1. The zero-order chi connectivity index (χ0) is 21.3. The molecule has 0 aliphatic carbocycles. The van der Waals surface area contributed by atoms with E-state index in [1.165, 1.54) is 39.7 Å². The molecule has 2 heterocycles. The number of hydrogen-bond acceptors (Lipinski definition) is 6. The molecule has 2 aromatic carbocycles. The fraction of sp³-hybridized carbons (Fsp3) is 0.100. The van der Waals surface area contributed by atoms with Crippen molar-refractivity contribution < 1.29 is 9.72 Å². The molecule has 2 aromatic heterocycles. The van der Waals surface area contributed by atoms with E-state index >= 15 is 0 Å². The lowest BCUT2D eigenvalue weighted by Gasteiger charge is -2.21. The second-order valence-electron chi connectivity index (χ2n) is 6.58. The Morgan fingerprint density at radius 2 is 1.90 bits per heavy atom. The number of rotatable bonds is 5. The maximum absolute atomic E-state index is 13.2. The van der Waals surface area contributed by atoms with Gasteiger partial charge in [0.05, 0.1) is 11.5 Å². The number of aromatic amines is 1. The second kappa shape index (κ2) is 7.59. The van der Waals surface area contributed by atoms with Crippen LogP contribution in [0.1, 0.15) is 21.9 Å². The molecule has 0 unspecified atom stereocenters. The predicted molar refractivity (Wildman–Crippen MR) is 108 cm³/mol. The molecule has 10 heteroatoms. The molecule has 0 radical (unpaired) electrons. The molecule has 0 aliphatic heterocycles. The van der Waals surface area contributed by atoms with Crippen molar-refractivity contribution in [3.8, 4) is 0 Å². The Bertz CT molecular complexity index is 1310. The molecule has 0 spiro atoms. The number of fused-ring (bicyclic) bond motifs is 1. The number of carbonyl (C=O) groups is 1. The highest BCUT2D eigenvalue weighted by atomic mass is 16.6. The first kappa shape index (κ1) is 19.0. The first-order valence-corrected chi connectivity index (χ1v) is 8.99. The fourth-order valence-corrected chi connectivity index (χ4v) is 3.05. The number of hydrogen-bond donors (Lipinski definition) is 1. The molecule has 4 aromatic rings. The SMILES string of the molecule is Cc1cc(=O)n2[nH]c(CN(C(=O)c3cccc([N+](=O)[O-])c3)c3ccccc3)nc2n1. The number of H-pyrrole nitrogens is 1. The van der Waals surface area contributed by atoms with Crippen LogP contribution >= 0.6 is 0 Å². The van der Waals surface area contributed by atoms with Crippen LogP contribution in [0, 0.1) is 17.0 Å². The molecule has 150 valence electrons. The fourth-order valence-electron chi connectivity index (χ4n) is 3.05. The van der Waals surface area contributed by atoms with E-state index in [2.05, 4.69) is 15.1 Å². The van der Waals surface area contributed by atoms with E-state index in [4.69, 9.17) is 0 Å². The van der Waals surface area contributed by atoms with Crippen LogP contribution in [0.4, 0.5) is 11.4 Å². The highest BCUT2D eigenvalue weighted by Gasteiger charge is 2.22. The molecule has 0 bridgehead atoms. The zero-order valence-corrected chi connectivity index (χ0v) is 15.8. The normalized spacial score (nSPS) is 10.8. The second-order valence-corrected chi connectivity index (χ2v) is 6.58. The number of benzene rings is 2. The van der Waals surface area contributed by atoms with Crippen molar-refractivity contribution in [1.29, 1.82) is 0 Å². The molecule has 30 heavy (non-hydrogen) atoms. The Kier molecular flexibility index (Phi) is 4.80. The highest BCUT2D eigenvalue weighted by Crippen LogP contribution is 2.21. The van der Waals surface area contributed by atoms with Gasteiger partial charge in [0, 0.05) is 35.1 Å². The van der Waals surface area contributed by atoms with E-state index in [9.17, 15) is 19.7 Å². The summed E-state index contributed by atoms with van der Waals surface area (Å²) in [5.74, 6) is 0.0977. The van der Waals surface area contributed by atoms with Crippen molar-refractivity contribution in [2.45, 2.75) is 13.5 Å². The molecule has 0 saturated heterocycles. The summed E-state index contributed by atoms with van der Waals surface area (Å²) in [5.41, 5.74) is 0.781. The topological polar surface area (TPSA) is 126 Å². The van der Waals surface area contributed by atoms with E-state index in [1.54, 1.807) is 31.2 Å². The zero-order valence-electron chi connectivity index (χ0n) is 15.8. The summed E-state index contributed by atoms with van der Waals surface area (Å²) in [4.78, 5) is 45.9. The number of non-ortho nitro benzene ring substituents is 1. The number of aromatic nitrogens is 4. The lowest BCUT2D eigenvalue weighted by molar-refractivity contribution is -0.384. The maximum atomic E-state index is 13.2. The van der Waals surface area contributed by atoms with Crippen LogP contribution in [0.25, 0.3) is 5.78 Å². The number of carbonyl (C=O) groups excluding carboxylic acids is 1. The molecular weight excluding hydrogens is 388 g/mol. The van der Waals surface area contributed by atoms with Crippen LogP contribution in [-0.4, -0.2) is 30.4 Å². The number of nitrogens with one attached hydrogen (secondary N) is 1. The number of para-hydroxylation sites is 1. The van der Waals surface area contributed by atoms with Gasteiger partial charge >= 0.3 is 0 Å². The minimum atomic E-state index is -0.552. The number of nitro benzene ring substituents is 1. The molecule has 1 amide bonds. The molecule has 0 aliphatic rings. The van der Waals surface area contributed by atoms with Gasteiger partial charge in [0.1, 0.15) is 5.82 Å². The van der Waals surface area contributed by atoms with Crippen LogP contribution < -0.4 is 10.5 Å². The molecule has 10 nitrogen and oxygen atoms in total. The number of nitrogens with zero attached hydrogens (tertiary/aromatic N) is 5. The highest BCUT2D eigenvalue weighted by molar-refractivity contribution is 6.06. The minimum absolute atomic E-state index is 0.00733. The van der Waals surface area contributed by atoms with Crippen LogP contribution in [0.15, 0.2) is 65.5 Å². The van der Waals surface area contributed by atoms with Crippen molar-refractivity contribution >= 4 is 23.1 Å². The summed E-state index contributed by atoms with van der Waals surface area (Å²) in [6.45, 7) is 1.70. The first-order valence-electron chi connectivity index (χ1n) is 8.99. The Morgan fingerprint density at radius 3 is 2.63 bits per heavy atom.